The minimum atomic E-state index is 0.200. The number of rotatable bonds is 7. The lowest BCUT2D eigenvalue weighted by atomic mass is 10.2. The highest BCUT2D eigenvalue weighted by Gasteiger charge is 2.22. The molecular formula is C24H24N4O2S. The first-order chi connectivity index (χ1) is 15.3. The highest BCUT2D eigenvalue weighted by Crippen LogP contribution is 2.29. The van der Waals surface area contributed by atoms with E-state index in [-0.39, 0.29) is 6.10 Å². The molecule has 5 rings (SSSR count). The maximum Gasteiger partial charge on any atom is 0.191 e. The number of methoxy groups -OCH3 is 1. The number of pyridine rings is 1. The first-order valence-electron chi connectivity index (χ1n) is 10.5. The van der Waals surface area contributed by atoms with Crippen LogP contribution in [0.1, 0.15) is 18.5 Å². The first-order valence-corrected chi connectivity index (χ1v) is 11.5. The molecule has 0 radical (unpaired) electrons. The van der Waals surface area contributed by atoms with E-state index in [0.29, 0.717) is 0 Å². The molecular weight excluding hydrogens is 408 g/mol. The number of para-hydroxylation sites is 1. The third-order valence-electron chi connectivity index (χ3n) is 5.48. The molecule has 2 aromatic heterocycles. The summed E-state index contributed by atoms with van der Waals surface area (Å²) in [6.45, 7) is 1.58. The average molecular weight is 433 g/mol. The van der Waals surface area contributed by atoms with Crippen molar-refractivity contribution in [3.8, 4) is 17.1 Å². The Balaban J connectivity index is 1.41. The van der Waals surface area contributed by atoms with Crippen molar-refractivity contribution in [1.82, 2.24) is 19.7 Å². The van der Waals surface area contributed by atoms with Crippen LogP contribution in [0.3, 0.4) is 0 Å². The molecule has 7 heteroatoms. The van der Waals surface area contributed by atoms with E-state index in [4.69, 9.17) is 14.5 Å². The van der Waals surface area contributed by atoms with E-state index in [1.54, 1.807) is 18.9 Å². The molecule has 6 nitrogen and oxygen atoms in total. The summed E-state index contributed by atoms with van der Waals surface area (Å²) >= 11 is 1.66. The highest BCUT2D eigenvalue weighted by atomic mass is 32.2. The van der Waals surface area contributed by atoms with Crippen LogP contribution in [0.2, 0.25) is 0 Å². The van der Waals surface area contributed by atoms with Gasteiger partial charge in [-0.25, -0.2) is 0 Å². The molecule has 0 saturated carbocycles. The molecule has 0 spiro atoms. The molecule has 0 bridgehead atoms. The van der Waals surface area contributed by atoms with Crippen LogP contribution in [0.5, 0.6) is 5.75 Å². The van der Waals surface area contributed by atoms with Crippen molar-refractivity contribution < 1.29 is 9.47 Å². The molecule has 4 aromatic rings. The van der Waals surface area contributed by atoms with Crippen molar-refractivity contribution in [2.45, 2.75) is 36.4 Å². The summed E-state index contributed by atoms with van der Waals surface area (Å²) < 4.78 is 13.4. The Labute approximate surface area is 185 Å². The lowest BCUT2D eigenvalue weighted by molar-refractivity contribution is 0.0953. The Morgan fingerprint density at radius 3 is 2.74 bits per heavy atom. The fraction of sp³-hybridized carbons (Fsp3) is 0.292. The van der Waals surface area contributed by atoms with Crippen molar-refractivity contribution in [1.29, 1.82) is 0 Å². The molecule has 1 atom stereocenters. The predicted molar refractivity (Wildman–Crippen MR) is 122 cm³/mol. The third-order valence-corrected chi connectivity index (χ3v) is 6.48. The Kier molecular flexibility index (Phi) is 5.86. The Hall–Kier alpha value is -2.90. The predicted octanol–water partition coefficient (Wildman–Crippen LogP) is 4.97. The summed E-state index contributed by atoms with van der Waals surface area (Å²) in [4.78, 5) is 4.79. The fourth-order valence-corrected chi connectivity index (χ4v) is 4.69. The van der Waals surface area contributed by atoms with Gasteiger partial charge in [-0.3, -0.25) is 9.55 Å². The average Bonchev–Trinajstić information content (AvgIpc) is 3.48. The fourth-order valence-electron chi connectivity index (χ4n) is 3.83. The Morgan fingerprint density at radius 2 is 1.94 bits per heavy atom. The highest BCUT2D eigenvalue weighted by molar-refractivity contribution is 7.98. The molecule has 3 heterocycles. The van der Waals surface area contributed by atoms with E-state index in [2.05, 4.69) is 33.0 Å². The van der Waals surface area contributed by atoms with E-state index >= 15 is 0 Å². The lowest BCUT2D eigenvalue weighted by Gasteiger charge is -2.15. The van der Waals surface area contributed by atoms with Gasteiger partial charge in [0, 0.05) is 23.3 Å². The van der Waals surface area contributed by atoms with E-state index in [0.717, 1.165) is 70.6 Å². The molecule has 0 unspecified atom stereocenters. The lowest BCUT2D eigenvalue weighted by Crippen LogP contribution is -2.16. The van der Waals surface area contributed by atoms with Crippen LogP contribution in [0.25, 0.3) is 22.3 Å². The SMILES string of the molecule is COc1ccc(-c2nnc(SCc3ccc4ccccc4n3)n2C[C@H]2CCCO2)cc1. The summed E-state index contributed by atoms with van der Waals surface area (Å²) in [6.07, 6.45) is 2.37. The summed E-state index contributed by atoms with van der Waals surface area (Å²) in [5.41, 5.74) is 3.06. The minimum Gasteiger partial charge on any atom is -0.497 e. The Morgan fingerprint density at radius 1 is 1.06 bits per heavy atom. The molecule has 0 amide bonds. The molecule has 0 N–H and O–H groups in total. The second-order valence-corrected chi connectivity index (χ2v) is 8.51. The van der Waals surface area contributed by atoms with E-state index in [9.17, 15) is 0 Å². The normalized spacial score (nSPS) is 16.1. The first kappa shape index (κ1) is 20.0. The summed E-state index contributed by atoms with van der Waals surface area (Å²) in [6, 6.07) is 20.3. The van der Waals surface area contributed by atoms with Gasteiger partial charge in [-0.2, -0.15) is 0 Å². The quantitative estimate of drug-likeness (QED) is 0.384. The second-order valence-electron chi connectivity index (χ2n) is 7.56. The van der Waals surface area contributed by atoms with Crippen molar-refractivity contribution in [3.05, 3.63) is 66.4 Å². The molecule has 31 heavy (non-hydrogen) atoms. The molecule has 1 fully saturated rings. The van der Waals surface area contributed by atoms with E-state index in [1.807, 2.05) is 42.5 Å². The number of nitrogens with zero attached hydrogens (tertiary/aromatic N) is 4. The van der Waals surface area contributed by atoms with Crippen LogP contribution in [-0.4, -0.2) is 39.6 Å². The van der Waals surface area contributed by atoms with Crippen LogP contribution in [0, 0.1) is 0 Å². The number of thioether (sulfide) groups is 1. The monoisotopic (exact) mass is 432 g/mol. The number of fused-ring (bicyclic) bond motifs is 1. The molecule has 2 aromatic carbocycles. The van der Waals surface area contributed by atoms with Crippen molar-refractivity contribution in [2.75, 3.05) is 13.7 Å². The standard InChI is InChI=1S/C24H24N4O2S/c1-29-20-12-9-18(10-13-20)23-26-27-24(28(23)15-21-6-4-14-30-21)31-16-19-11-8-17-5-2-3-7-22(17)25-19/h2-3,5,7-13,21H,4,6,14-16H2,1H3/t21-/m1/s1. The molecule has 158 valence electrons. The maximum absolute atomic E-state index is 5.90. The summed E-state index contributed by atoms with van der Waals surface area (Å²) in [5.74, 6) is 2.41. The van der Waals surface area contributed by atoms with Gasteiger partial charge < -0.3 is 9.47 Å². The van der Waals surface area contributed by atoms with Gasteiger partial charge in [-0.1, -0.05) is 36.0 Å². The van der Waals surface area contributed by atoms with Gasteiger partial charge in [-0.15, -0.1) is 10.2 Å². The number of benzene rings is 2. The van der Waals surface area contributed by atoms with Crippen LogP contribution in [0.15, 0.2) is 65.8 Å². The number of ether oxygens (including phenoxy) is 2. The van der Waals surface area contributed by atoms with Gasteiger partial charge in [0.1, 0.15) is 5.75 Å². The molecule has 0 aliphatic carbocycles. The number of hydrogen-bond acceptors (Lipinski definition) is 6. The van der Waals surface area contributed by atoms with E-state index < -0.39 is 0 Å². The zero-order valence-electron chi connectivity index (χ0n) is 17.4. The molecule has 1 saturated heterocycles. The van der Waals surface area contributed by atoms with Gasteiger partial charge in [0.25, 0.3) is 0 Å². The van der Waals surface area contributed by atoms with Crippen molar-refractivity contribution in [3.63, 3.8) is 0 Å². The van der Waals surface area contributed by atoms with Gasteiger partial charge in [0.15, 0.2) is 11.0 Å². The maximum atomic E-state index is 5.90. The smallest absolute Gasteiger partial charge is 0.191 e. The van der Waals surface area contributed by atoms with Gasteiger partial charge in [0.05, 0.1) is 31.0 Å². The molecule has 1 aliphatic heterocycles. The number of aromatic nitrogens is 4. The number of hydrogen-bond donors (Lipinski definition) is 0. The third kappa shape index (κ3) is 4.43. The summed E-state index contributed by atoms with van der Waals surface area (Å²) in [5, 5.41) is 11.1. The van der Waals surface area contributed by atoms with E-state index in [1.165, 1.54) is 0 Å². The van der Waals surface area contributed by atoms with Gasteiger partial charge >= 0.3 is 0 Å². The van der Waals surface area contributed by atoms with Crippen LogP contribution < -0.4 is 4.74 Å². The molecule has 1 aliphatic rings. The van der Waals surface area contributed by atoms with Crippen molar-refractivity contribution >= 4 is 22.7 Å². The minimum absolute atomic E-state index is 0.200. The summed E-state index contributed by atoms with van der Waals surface area (Å²) in [7, 11) is 1.67. The van der Waals surface area contributed by atoms with Crippen LogP contribution in [0.4, 0.5) is 0 Å². The second kappa shape index (κ2) is 9.08. The van der Waals surface area contributed by atoms with Crippen LogP contribution >= 0.6 is 11.8 Å². The van der Waals surface area contributed by atoms with Crippen LogP contribution in [-0.2, 0) is 17.0 Å². The zero-order valence-corrected chi connectivity index (χ0v) is 18.2. The topological polar surface area (TPSA) is 62.1 Å². The largest absolute Gasteiger partial charge is 0.497 e. The zero-order chi connectivity index (χ0) is 21.0. The van der Waals surface area contributed by atoms with Gasteiger partial charge in [-0.05, 0) is 49.2 Å². The van der Waals surface area contributed by atoms with Crippen molar-refractivity contribution in [2.24, 2.45) is 0 Å². The van der Waals surface area contributed by atoms with Gasteiger partial charge in [0.2, 0.25) is 0 Å². The Bertz CT molecular complexity index is 1170.